The van der Waals surface area contributed by atoms with Crippen LogP contribution in [-0.2, 0) is 0 Å². The molecule has 2 rings (SSSR count). The molecule has 0 bridgehead atoms. The van der Waals surface area contributed by atoms with Crippen LogP contribution in [0.15, 0.2) is 39.1 Å². The second-order valence-electron chi connectivity index (χ2n) is 2.38. The topological polar surface area (TPSA) is 60.9 Å². The molecule has 1 unspecified atom stereocenters. The maximum absolute atomic E-state index is 7.14. The van der Waals surface area contributed by atoms with Gasteiger partial charge in [0.1, 0.15) is 5.70 Å². The van der Waals surface area contributed by atoms with Crippen molar-refractivity contribution in [2.75, 3.05) is 0 Å². The predicted octanol–water partition coefficient (Wildman–Crippen LogP) is 2.05. The predicted molar refractivity (Wildman–Crippen MR) is 50.0 cm³/mol. The van der Waals surface area contributed by atoms with Gasteiger partial charge in [-0.1, -0.05) is 22.0 Å². The lowest BCUT2D eigenvalue weighted by Gasteiger charge is -2.11. The van der Waals surface area contributed by atoms with Gasteiger partial charge < -0.3 is 0 Å². The summed E-state index contributed by atoms with van der Waals surface area (Å²) < 4.78 is 0. The highest BCUT2D eigenvalue weighted by Crippen LogP contribution is 2.19. The average molecular weight is 225 g/mol. The Morgan fingerprint density at radius 3 is 3.08 bits per heavy atom. The summed E-state index contributed by atoms with van der Waals surface area (Å²) in [5.74, 6) is -0.0418. The molecule has 0 radical (unpaired) electrons. The Morgan fingerprint density at radius 2 is 2.25 bits per heavy atom. The van der Waals surface area contributed by atoms with Gasteiger partial charge in [0.05, 0.1) is 10.5 Å². The second kappa shape index (κ2) is 2.75. The van der Waals surface area contributed by atoms with Gasteiger partial charge in [0.25, 0.3) is 5.96 Å². The largest absolute Gasteiger partial charge is 0.264 e. The smallest absolute Gasteiger partial charge is 0.262 e. The molecule has 4 nitrogen and oxygen atoms in total. The number of allylic oxidation sites excluding steroid dienone is 3. The second-order valence-corrected chi connectivity index (χ2v) is 3.43. The number of alkyl halides is 1. The molecule has 1 aliphatic carbocycles. The third kappa shape index (κ3) is 1.27. The average Bonchev–Trinajstić information content (AvgIpc) is 2.05. The molecule has 0 saturated carbocycles. The fourth-order valence-electron chi connectivity index (χ4n) is 0.977. The van der Waals surface area contributed by atoms with Crippen molar-refractivity contribution in [3.05, 3.63) is 23.9 Å². The van der Waals surface area contributed by atoms with E-state index in [1.54, 1.807) is 0 Å². The molecular formula is C7H5BrN4. The number of aliphatic imine (C=N–C) groups is 1. The van der Waals surface area contributed by atoms with Crippen LogP contribution in [0.1, 0.15) is 0 Å². The minimum atomic E-state index is -0.0418. The molecule has 0 aromatic carbocycles. The third-order valence-corrected chi connectivity index (χ3v) is 2.07. The van der Waals surface area contributed by atoms with Gasteiger partial charge in [-0.15, -0.1) is 10.2 Å². The molecule has 1 heterocycles. The van der Waals surface area contributed by atoms with Gasteiger partial charge in [-0.25, -0.2) is 4.99 Å². The van der Waals surface area contributed by atoms with Crippen molar-refractivity contribution in [2.24, 2.45) is 15.2 Å². The van der Waals surface area contributed by atoms with E-state index in [9.17, 15) is 0 Å². The number of nitrogens with one attached hydrogen (secondary N) is 1. The minimum absolute atomic E-state index is 0.0418. The third-order valence-electron chi connectivity index (χ3n) is 1.50. The van der Waals surface area contributed by atoms with Crippen LogP contribution in [0, 0.1) is 5.41 Å². The lowest BCUT2D eigenvalue weighted by atomic mass is 10.1. The molecule has 5 heteroatoms. The summed E-state index contributed by atoms with van der Waals surface area (Å²) in [5.41, 5.74) is 1.45. The SMILES string of the molecule is N=C1N=NC2=CC(Br)C=CC2=N1. The van der Waals surface area contributed by atoms with Crippen LogP contribution >= 0.6 is 15.9 Å². The number of fused-ring (bicyclic) bond motifs is 1. The first-order valence-corrected chi connectivity index (χ1v) is 4.31. The molecule has 0 spiro atoms. The molecule has 12 heavy (non-hydrogen) atoms. The van der Waals surface area contributed by atoms with E-state index in [1.807, 2.05) is 18.2 Å². The first-order valence-electron chi connectivity index (χ1n) is 3.39. The van der Waals surface area contributed by atoms with Crippen LogP contribution in [0.25, 0.3) is 0 Å². The van der Waals surface area contributed by atoms with E-state index in [0.29, 0.717) is 5.71 Å². The zero-order valence-electron chi connectivity index (χ0n) is 6.03. The number of hydrogen-bond donors (Lipinski definition) is 1. The van der Waals surface area contributed by atoms with E-state index in [1.165, 1.54) is 0 Å². The van der Waals surface area contributed by atoms with Crippen LogP contribution in [0.5, 0.6) is 0 Å². The summed E-state index contributed by atoms with van der Waals surface area (Å²) >= 11 is 3.39. The van der Waals surface area contributed by atoms with E-state index in [0.717, 1.165) is 5.70 Å². The number of azo groups is 1. The standard InChI is InChI=1S/C7H5BrN4/c8-4-1-2-5-6(3-4)11-12-7(9)10-5/h1-4,9H. The maximum Gasteiger partial charge on any atom is 0.262 e. The Balaban J connectivity index is 2.41. The fourth-order valence-corrected chi connectivity index (χ4v) is 1.38. The fraction of sp³-hybridized carbons (Fsp3) is 0.143. The zero-order chi connectivity index (χ0) is 8.55. The van der Waals surface area contributed by atoms with Crippen molar-refractivity contribution in [2.45, 2.75) is 4.83 Å². The number of halogens is 1. The Labute approximate surface area is 77.4 Å². The highest BCUT2D eigenvalue weighted by Gasteiger charge is 2.15. The van der Waals surface area contributed by atoms with Crippen molar-refractivity contribution in [3.8, 4) is 0 Å². The molecule has 60 valence electrons. The number of guanidine groups is 1. The summed E-state index contributed by atoms with van der Waals surface area (Å²) in [6, 6.07) is 0. The molecule has 1 atom stereocenters. The van der Waals surface area contributed by atoms with Crippen molar-refractivity contribution in [1.82, 2.24) is 0 Å². The van der Waals surface area contributed by atoms with Gasteiger partial charge in [0.2, 0.25) is 0 Å². The molecule has 1 N–H and O–H groups in total. The molecule has 2 aliphatic rings. The highest BCUT2D eigenvalue weighted by atomic mass is 79.9. The van der Waals surface area contributed by atoms with Crippen LogP contribution in [0.4, 0.5) is 0 Å². The van der Waals surface area contributed by atoms with Crippen molar-refractivity contribution >= 4 is 27.6 Å². The summed E-state index contributed by atoms with van der Waals surface area (Å²) in [4.78, 5) is 4.09. The highest BCUT2D eigenvalue weighted by molar-refractivity contribution is 9.09. The van der Waals surface area contributed by atoms with E-state index in [-0.39, 0.29) is 10.8 Å². The van der Waals surface area contributed by atoms with Gasteiger partial charge >= 0.3 is 0 Å². The quantitative estimate of drug-likeness (QED) is 0.613. The number of hydrogen-bond acceptors (Lipinski definition) is 2. The van der Waals surface area contributed by atoms with E-state index < -0.39 is 0 Å². The molecule has 0 aromatic rings. The van der Waals surface area contributed by atoms with Crippen molar-refractivity contribution in [1.29, 1.82) is 5.41 Å². The molecule has 0 amide bonds. The monoisotopic (exact) mass is 224 g/mol. The Kier molecular flexibility index (Phi) is 1.73. The normalized spacial score (nSPS) is 26.4. The summed E-state index contributed by atoms with van der Waals surface area (Å²) in [7, 11) is 0. The molecular weight excluding hydrogens is 220 g/mol. The number of rotatable bonds is 0. The first-order chi connectivity index (χ1) is 5.75. The van der Waals surface area contributed by atoms with Crippen LogP contribution in [0.3, 0.4) is 0 Å². The van der Waals surface area contributed by atoms with Crippen molar-refractivity contribution in [3.63, 3.8) is 0 Å². The summed E-state index contributed by atoms with van der Waals surface area (Å²) in [6.07, 6.45) is 5.67. The Morgan fingerprint density at radius 1 is 1.42 bits per heavy atom. The van der Waals surface area contributed by atoms with Gasteiger partial charge in [0, 0.05) is 0 Å². The van der Waals surface area contributed by atoms with Crippen molar-refractivity contribution < 1.29 is 0 Å². The molecule has 0 aromatic heterocycles. The van der Waals surface area contributed by atoms with Gasteiger partial charge in [0.15, 0.2) is 0 Å². The van der Waals surface area contributed by atoms with Gasteiger partial charge in [-0.2, -0.15) is 0 Å². The first kappa shape index (κ1) is 7.54. The summed E-state index contributed by atoms with van der Waals surface area (Å²) in [6.45, 7) is 0. The Hall–Kier alpha value is -1.10. The van der Waals surface area contributed by atoms with E-state index >= 15 is 0 Å². The molecule has 0 fully saturated rings. The lowest BCUT2D eigenvalue weighted by molar-refractivity contribution is 1.13. The van der Waals surface area contributed by atoms with E-state index in [4.69, 9.17) is 5.41 Å². The zero-order valence-corrected chi connectivity index (χ0v) is 7.62. The number of nitrogens with zero attached hydrogens (tertiary/aromatic N) is 3. The Bertz CT molecular complexity index is 350. The van der Waals surface area contributed by atoms with Gasteiger partial charge in [-0.05, 0) is 12.2 Å². The maximum atomic E-state index is 7.14. The minimum Gasteiger partial charge on any atom is -0.264 e. The van der Waals surface area contributed by atoms with Crippen LogP contribution < -0.4 is 0 Å². The van der Waals surface area contributed by atoms with Crippen LogP contribution in [-0.4, -0.2) is 16.5 Å². The molecule has 1 aliphatic heterocycles. The lowest BCUT2D eigenvalue weighted by Crippen LogP contribution is -2.11. The van der Waals surface area contributed by atoms with E-state index in [2.05, 4.69) is 31.2 Å². The van der Waals surface area contributed by atoms with Gasteiger partial charge in [-0.3, -0.25) is 5.41 Å². The van der Waals surface area contributed by atoms with Crippen LogP contribution in [0.2, 0.25) is 0 Å². The summed E-state index contributed by atoms with van der Waals surface area (Å²) in [5, 5.41) is 14.5. The molecule has 0 saturated heterocycles.